The third-order valence-corrected chi connectivity index (χ3v) is 4.47. The smallest absolute Gasteiger partial charge is 0.169 e. The number of nitrogens with zero attached hydrogens (tertiary/aromatic N) is 2. The molecule has 1 atom stereocenters. The Morgan fingerprint density at radius 3 is 2.67 bits per heavy atom. The van der Waals surface area contributed by atoms with Crippen LogP contribution in [-0.4, -0.2) is 11.7 Å². The van der Waals surface area contributed by atoms with E-state index in [4.69, 9.17) is 4.99 Å². The van der Waals surface area contributed by atoms with Crippen molar-refractivity contribution in [3.8, 4) is 0 Å². The van der Waals surface area contributed by atoms with E-state index >= 15 is 0 Å². The Kier molecular flexibility index (Phi) is 2.20. The van der Waals surface area contributed by atoms with Gasteiger partial charge in [-0.3, -0.25) is 4.99 Å². The predicted octanol–water partition coefficient (Wildman–Crippen LogP) is 3.71. The van der Waals surface area contributed by atoms with Crippen LogP contribution in [0.1, 0.15) is 11.6 Å². The lowest BCUT2D eigenvalue weighted by Gasteiger charge is -2.14. The summed E-state index contributed by atoms with van der Waals surface area (Å²) in [4.78, 5) is 8.49. The van der Waals surface area contributed by atoms with Gasteiger partial charge in [-0.15, -0.1) is 0 Å². The van der Waals surface area contributed by atoms with Crippen LogP contribution < -0.4 is 4.90 Å². The molecule has 18 heavy (non-hydrogen) atoms. The number of aliphatic imine (C=N–C) groups is 1. The van der Waals surface area contributed by atoms with E-state index in [1.54, 1.807) is 11.8 Å². The summed E-state index contributed by atoms with van der Waals surface area (Å²) >= 11 is 1.78. The molecule has 2 aromatic rings. The Labute approximate surface area is 110 Å². The highest BCUT2D eigenvalue weighted by Gasteiger charge is 2.34. The monoisotopic (exact) mass is 252 g/mol. The normalized spacial score (nSPS) is 20.6. The van der Waals surface area contributed by atoms with Crippen LogP contribution >= 0.6 is 11.8 Å². The molecule has 0 bridgehead atoms. The Bertz CT molecular complexity index is 621. The maximum Gasteiger partial charge on any atom is 0.169 e. The average molecular weight is 252 g/mol. The summed E-state index contributed by atoms with van der Waals surface area (Å²) < 4.78 is 0. The molecule has 2 nitrogen and oxygen atoms in total. The van der Waals surface area contributed by atoms with E-state index in [-0.39, 0.29) is 6.04 Å². The van der Waals surface area contributed by atoms with Crippen LogP contribution in [0.2, 0.25) is 0 Å². The van der Waals surface area contributed by atoms with E-state index in [9.17, 15) is 0 Å². The van der Waals surface area contributed by atoms with Crippen LogP contribution in [0.4, 0.5) is 5.69 Å². The van der Waals surface area contributed by atoms with Gasteiger partial charge in [0.1, 0.15) is 0 Å². The molecule has 2 aromatic carbocycles. The predicted molar refractivity (Wildman–Crippen MR) is 76.3 cm³/mol. The minimum atomic E-state index is 0.280. The van der Waals surface area contributed by atoms with E-state index in [2.05, 4.69) is 59.5 Å². The molecule has 4 rings (SSSR count). The summed E-state index contributed by atoms with van der Waals surface area (Å²) in [7, 11) is 0. The minimum Gasteiger partial charge on any atom is -0.317 e. The highest BCUT2D eigenvalue weighted by Crippen LogP contribution is 2.44. The van der Waals surface area contributed by atoms with E-state index < -0.39 is 0 Å². The van der Waals surface area contributed by atoms with Crippen LogP contribution in [-0.2, 0) is 0 Å². The highest BCUT2D eigenvalue weighted by molar-refractivity contribution is 8.14. The second-order valence-electron chi connectivity index (χ2n) is 4.52. The Balaban J connectivity index is 1.69. The zero-order chi connectivity index (χ0) is 11.9. The first-order chi connectivity index (χ1) is 8.92. The van der Waals surface area contributed by atoms with Crippen LogP contribution in [0, 0.1) is 0 Å². The number of hydrogen-bond acceptors (Lipinski definition) is 3. The van der Waals surface area contributed by atoms with Crippen molar-refractivity contribution in [2.24, 2.45) is 4.99 Å². The summed E-state index contributed by atoms with van der Waals surface area (Å²) in [5, 5.41) is 1.14. The van der Waals surface area contributed by atoms with Crippen LogP contribution in [0.3, 0.4) is 0 Å². The van der Waals surface area contributed by atoms with Gasteiger partial charge in [-0.25, -0.2) is 0 Å². The van der Waals surface area contributed by atoms with Gasteiger partial charge in [0.2, 0.25) is 0 Å². The van der Waals surface area contributed by atoms with Gasteiger partial charge in [0.25, 0.3) is 0 Å². The van der Waals surface area contributed by atoms with Crippen molar-refractivity contribution in [3.05, 3.63) is 60.2 Å². The van der Waals surface area contributed by atoms with E-state index in [0.717, 1.165) is 11.7 Å². The van der Waals surface area contributed by atoms with Gasteiger partial charge in [0.15, 0.2) is 5.17 Å². The van der Waals surface area contributed by atoms with Gasteiger partial charge in [-0.05, 0) is 29.5 Å². The molecule has 0 aromatic heterocycles. The molecule has 0 amide bonds. The zero-order valence-electron chi connectivity index (χ0n) is 9.78. The standard InChI is InChI=1S/C15H12N2S/c1-2-6-11(7-3-1)12-10-17-13-8-4-5-9-14(13)18-15(17)16-12/h1-9,12H,10H2/t12-/m0/s1. The number of thioether (sulfide) groups is 1. The van der Waals surface area contributed by atoms with Crippen molar-refractivity contribution in [3.63, 3.8) is 0 Å². The van der Waals surface area contributed by atoms with E-state index in [1.807, 2.05) is 0 Å². The number of amidine groups is 1. The SMILES string of the molecule is c1ccc([C@@H]2CN3C(=N2)Sc2ccccc23)cc1. The average Bonchev–Trinajstić information content (AvgIpc) is 2.97. The Morgan fingerprint density at radius 2 is 1.78 bits per heavy atom. The number of hydrogen-bond donors (Lipinski definition) is 0. The lowest BCUT2D eigenvalue weighted by Crippen LogP contribution is -2.21. The molecular weight excluding hydrogens is 240 g/mol. The summed E-state index contributed by atoms with van der Waals surface area (Å²) in [5.74, 6) is 0. The fourth-order valence-electron chi connectivity index (χ4n) is 2.50. The lowest BCUT2D eigenvalue weighted by molar-refractivity contribution is 0.778. The molecule has 2 heterocycles. The molecule has 0 unspecified atom stereocenters. The van der Waals surface area contributed by atoms with Gasteiger partial charge in [0.05, 0.1) is 18.3 Å². The lowest BCUT2D eigenvalue weighted by atomic mass is 10.1. The van der Waals surface area contributed by atoms with Crippen molar-refractivity contribution >= 4 is 22.6 Å². The van der Waals surface area contributed by atoms with Gasteiger partial charge < -0.3 is 4.90 Å². The van der Waals surface area contributed by atoms with E-state index in [0.29, 0.717) is 0 Å². The quantitative estimate of drug-likeness (QED) is 0.769. The van der Waals surface area contributed by atoms with Crippen LogP contribution in [0.5, 0.6) is 0 Å². The molecule has 0 aliphatic carbocycles. The Morgan fingerprint density at radius 1 is 1.00 bits per heavy atom. The van der Waals surface area contributed by atoms with Crippen molar-refractivity contribution in [1.29, 1.82) is 0 Å². The molecule has 0 saturated heterocycles. The zero-order valence-corrected chi connectivity index (χ0v) is 10.6. The van der Waals surface area contributed by atoms with Gasteiger partial charge in [-0.1, -0.05) is 42.5 Å². The Hall–Kier alpha value is -1.74. The van der Waals surface area contributed by atoms with Gasteiger partial charge in [-0.2, -0.15) is 0 Å². The summed E-state index contributed by atoms with van der Waals surface area (Å²) in [6.07, 6.45) is 0. The number of para-hydroxylation sites is 1. The van der Waals surface area contributed by atoms with Crippen LogP contribution in [0.15, 0.2) is 64.5 Å². The third kappa shape index (κ3) is 1.47. The summed E-state index contributed by atoms with van der Waals surface area (Å²) in [5.41, 5.74) is 2.61. The number of rotatable bonds is 1. The second-order valence-corrected chi connectivity index (χ2v) is 5.53. The molecule has 3 heteroatoms. The maximum absolute atomic E-state index is 4.84. The molecule has 0 radical (unpaired) electrons. The van der Waals surface area contributed by atoms with Crippen molar-refractivity contribution in [2.45, 2.75) is 10.9 Å². The van der Waals surface area contributed by atoms with E-state index in [1.165, 1.54) is 16.1 Å². The fraction of sp³-hybridized carbons (Fsp3) is 0.133. The highest BCUT2D eigenvalue weighted by atomic mass is 32.2. The largest absolute Gasteiger partial charge is 0.317 e. The van der Waals surface area contributed by atoms with Gasteiger partial charge in [0, 0.05) is 4.90 Å². The molecule has 2 aliphatic rings. The number of benzene rings is 2. The van der Waals surface area contributed by atoms with Crippen molar-refractivity contribution in [2.75, 3.05) is 11.4 Å². The number of anilines is 1. The molecule has 2 aliphatic heterocycles. The summed E-state index contributed by atoms with van der Waals surface area (Å²) in [6, 6.07) is 19.3. The van der Waals surface area contributed by atoms with Gasteiger partial charge >= 0.3 is 0 Å². The minimum absolute atomic E-state index is 0.280. The molecule has 0 fully saturated rings. The molecule has 0 saturated carbocycles. The molecule has 0 N–H and O–H groups in total. The molecular formula is C15H12N2S. The first kappa shape index (κ1) is 10.2. The molecule has 0 spiro atoms. The molecule has 88 valence electrons. The van der Waals surface area contributed by atoms with Crippen molar-refractivity contribution < 1.29 is 0 Å². The van der Waals surface area contributed by atoms with Crippen LogP contribution in [0.25, 0.3) is 0 Å². The van der Waals surface area contributed by atoms with Crippen molar-refractivity contribution in [1.82, 2.24) is 0 Å². The maximum atomic E-state index is 4.84. The first-order valence-corrected chi connectivity index (χ1v) is 6.90. The first-order valence-electron chi connectivity index (χ1n) is 6.09. The topological polar surface area (TPSA) is 15.6 Å². The number of fused-ring (bicyclic) bond motifs is 3. The third-order valence-electron chi connectivity index (χ3n) is 3.39. The second kappa shape index (κ2) is 3.89. The fourth-order valence-corrected chi connectivity index (χ4v) is 3.59. The summed E-state index contributed by atoms with van der Waals surface area (Å²) in [6.45, 7) is 0.962.